The van der Waals surface area contributed by atoms with Crippen molar-refractivity contribution in [2.24, 2.45) is 5.92 Å². The molecule has 4 rings (SSSR count). The number of amides is 2. The van der Waals surface area contributed by atoms with Crippen molar-refractivity contribution in [2.45, 2.75) is 56.6 Å². The van der Waals surface area contributed by atoms with Crippen LogP contribution in [0, 0.1) is 5.92 Å². The van der Waals surface area contributed by atoms with Gasteiger partial charge in [0, 0.05) is 21.0 Å². The fourth-order valence-corrected chi connectivity index (χ4v) is 6.97. The van der Waals surface area contributed by atoms with Gasteiger partial charge in [-0.3, -0.25) is 9.59 Å². The number of fused-ring (bicyclic) bond motifs is 1. The summed E-state index contributed by atoms with van der Waals surface area (Å²) in [4.78, 5) is 41.0. The average Bonchev–Trinajstić information content (AvgIpc) is 3.28. The van der Waals surface area contributed by atoms with Gasteiger partial charge in [0.1, 0.15) is 10.8 Å². The molecule has 1 aliphatic rings. The summed E-state index contributed by atoms with van der Waals surface area (Å²) in [6.07, 6.45) is 3.33. The van der Waals surface area contributed by atoms with E-state index in [1.54, 1.807) is 38.3 Å². The van der Waals surface area contributed by atoms with Crippen molar-refractivity contribution in [2.75, 3.05) is 24.4 Å². The number of ether oxygens (including phenoxy) is 2. The summed E-state index contributed by atoms with van der Waals surface area (Å²) in [7, 11) is 1.56. The first-order valence-electron chi connectivity index (χ1n) is 13.2. The molecule has 2 unspecified atom stereocenters. The van der Waals surface area contributed by atoms with Gasteiger partial charge < -0.3 is 20.1 Å². The number of carbonyl (C=O) groups is 3. The number of thioether (sulfide) groups is 1. The Kier molecular flexibility index (Phi) is 9.69. The molecular weight excluding hydrogens is 532 g/mol. The molecule has 2 amide bonds. The van der Waals surface area contributed by atoms with Crippen LogP contribution in [0.2, 0.25) is 0 Å². The highest BCUT2D eigenvalue weighted by Crippen LogP contribution is 2.40. The molecule has 0 radical (unpaired) electrons. The maximum Gasteiger partial charge on any atom is 0.341 e. The van der Waals surface area contributed by atoms with Crippen molar-refractivity contribution < 1.29 is 23.9 Å². The van der Waals surface area contributed by atoms with E-state index in [0.717, 1.165) is 34.6 Å². The van der Waals surface area contributed by atoms with Crippen molar-refractivity contribution in [3.8, 4) is 5.75 Å². The summed E-state index contributed by atoms with van der Waals surface area (Å²) in [6.45, 7) is 6.24. The van der Waals surface area contributed by atoms with Crippen LogP contribution in [0.5, 0.6) is 5.75 Å². The fraction of sp³-hybridized carbons (Fsp3) is 0.367. The number of anilines is 2. The van der Waals surface area contributed by atoms with Gasteiger partial charge in [-0.2, -0.15) is 0 Å². The molecule has 0 aliphatic heterocycles. The highest BCUT2D eigenvalue weighted by atomic mass is 32.2. The first kappa shape index (κ1) is 28.7. The van der Waals surface area contributed by atoms with Gasteiger partial charge in [-0.1, -0.05) is 26.0 Å². The molecule has 0 saturated carbocycles. The minimum Gasteiger partial charge on any atom is -0.497 e. The Morgan fingerprint density at radius 3 is 2.64 bits per heavy atom. The second-order valence-electron chi connectivity index (χ2n) is 9.49. The molecule has 1 aliphatic carbocycles. The third kappa shape index (κ3) is 7.02. The number of hydrogen-bond donors (Lipinski definition) is 2. The van der Waals surface area contributed by atoms with Crippen molar-refractivity contribution in [1.29, 1.82) is 0 Å². The molecule has 3 aromatic rings. The van der Waals surface area contributed by atoms with Crippen molar-refractivity contribution >= 4 is 51.6 Å². The Hall–Kier alpha value is -3.30. The second kappa shape index (κ2) is 13.2. The molecule has 2 aromatic carbocycles. The molecular formula is C30H34N2O5S2. The highest BCUT2D eigenvalue weighted by Gasteiger charge is 2.30. The predicted octanol–water partition coefficient (Wildman–Crippen LogP) is 6.82. The molecule has 0 saturated heterocycles. The van der Waals surface area contributed by atoms with Gasteiger partial charge in [0.15, 0.2) is 0 Å². The van der Waals surface area contributed by atoms with Gasteiger partial charge >= 0.3 is 5.97 Å². The normalized spacial score (nSPS) is 15.1. The lowest BCUT2D eigenvalue weighted by Crippen LogP contribution is -2.25. The van der Waals surface area contributed by atoms with Gasteiger partial charge in [-0.05, 0) is 80.5 Å². The summed E-state index contributed by atoms with van der Waals surface area (Å²) in [5.74, 6) is 0.371. The molecule has 206 valence electrons. The molecule has 0 bridgehead atoms. The monoisotopic (exact) mass is 566 g/mol. The Balaban J connectivity index is 1.48. The number of methoxy groups -OCH3 is 1. The average molecular weight is 567 g/mol. The quantitative estimate of drug-likeness (QED) is 0.207. The minimum atomic E-state index is -0.387. The Morgan fingerprint density at radius 2 is 1.90 bits per heavy atom. The van der Waals surface area contributed by atoms with Gasteiger partial charge in [0.05, 0.1) is 24.5 Å². The number of thiophene rings is 1. The number of nitrogens with one attached hydrogen (secondary N) is 2. The van der Waals surface area contributed by atoms with Crippen LogP contribution in [0.3, 0.4) is 0 Å². The SMILES string of the molecule is CCOC(=O)c1c(NC(=O)C(CC)Sc2cccc(NC(=O)c3cccc(OC)c3)c2)sc2c1CCC(C)C2. The number of hydrogen-bond acceptors (Lipinski definition) is 7. The van der Waals surface area contributed by atoms with E-state index in [2.05, 4.69) is 17.6 Å². The van der Waals surface area contributed by atoms with Crippen molar-refractivity contribution in [3.63, 3.8) is 0 Å². The van der Waals surface area contributed by atoms with E-state index in [1.165, 1.54) is 23.1 Å². The van der Waals surface area contributed by atoms with Crippen molar-refractivity contribution in [3.05, 3.63) is 70.1 Å². The summed E-state index contributed by atoms with van der Waals surface area (Å²) < 4.78 is 10.6. The second-order valence-corrected chi connectivity index (χ2v) is 11.9. The zero-order valence-electron chi connectivity index (χ0n) is 22.7. The van der Waals surface area contributed by atoms with Crippen molar-refractivity contribution in [1.82, 2.24) is 0 Å². The highest BCUT2D eigenvalue weighted by molar-refractivity contribution is 8.00. The molecule has 0 spiro atoms. The van der Waals surface area contributed by atoms with Crippen LogP contribution in [0.15, 0.2) is 53.4 Å². The number of benzene rings is 2. The molecule has 2 atom stereocenters. The van der Waals surface area contributed by atoms with Crippen LogP contribution in [0.4, 0.5) is 10.7 Å². The van der Waals surface area contributed by atoms with Gasteiger partial charge in [-0.15, -0.1) is 23.1 Å². The van der Waals surface area contributed by atoms with E-state index >= 15 is 0 Å². The molecule has 9 heteroatoms. The Morgan fingerprint density at radius 1 is 1.10 bits per heavy atom. The first-order chi connectivity index (χ1) is 18.8. The lowest BCUT2D eigenvalue weighted by atomic mass is 9.88. The van der Waals surface area contributed by atoms with Gasteiger partial charge in [-0.25, -0.2) is 4.79 Å². The Labute approximate surface area is 237 Å². The zero-order chi connectivity index (χ0) is 27.9. The number of esters is 1. The van der Waals surface area contributed by atoms with Crippen LogP contribution < -0.4 is 15.4 Å². The van der Waals surface area contributed by atoms with E-state index in [9.17, 15) is 14.4 Å². The fourth-order valence-electron chi connectivity index (χ4n) is 4.55. The molecule has 1 aromatic heterocycles. The van der Waals surface area contributed by atoms with Crippen LogP contribution in [-0.4, -0.2) is 36.8 Å². The van der Waals surface area contributed by atoms with Crippen LogP contribution in [-0.2, 0) is 22.4 Å². The van der Waals surface area contributed by atoms with E-state index in [1.807, 2.05) is 31.2 Å². The van der Waals surface area contributed by atoms with Gasteiger partial charge in [0.25, 0.3) is 5.91 Å². The van der Waals surface area contributed by atoms with E-state index in [-0.39, 0.29) is 29.6 Å². The molecule has 7 nitrogen and oxygen atoms in total. The lowest BCUT2D eigenvalue weighted by Gasteiger charge is -2.18. The summed E-state index contributed by atoms with van der Waals surface area (Å²) in [5.41, 5.74) is 2.66. The third-order valence-electron chi connectivity index (χ3n) is 6.59. The standard InChI is InChI=1S/C30H34N2O5S2/c1-5-24(28(34)32-29-26(30(35)37-6-2)23-14-13-18(3)15-25(23)39-29)38-22-12-8-10-20(17-22)31-27(33)19-9-7-11-21(16-19)36-4/h7-12,16-18,24H,5-6,13-15H2,1-4H3,(H,31,33)(H,32,34). The van der Waals surface area contributed by atoms with E-state index < -0.39 is 0 Å². The maximum atomic E-state index is 13.4. The predicted molar refractivity (Wildman–Crippen MR) is 157 cm³/mol. The van der Waals surface area contributed by atoms with Crippen LogP contribution >= 0.6 is 23.1 Å². The van der Waals surface area contributed by atoms with Gasteiger partial charge in [0.2, 0.25) is 5.91 Å². The third-order valence-corrected chi connectivity index (χ3v) is 9.12. The van der Waals surface area contributed by atoms with Crippen LogP contribution in [0.1, 0.15) is 64.8 Å². The number of carbonyl (C=O) groups excluding carboxylic acids is 3. The lowest BCUT2D eigenvalue weighted by molar-refractivity contribution is -0.115. The smallest absolute Gasteiger partial charge is 0.341 e. The largest absolute Gasteiger partial charge is 0.497 e. The van der Waals surface area contributed by atoms with Crippen LogP contribution in [0.25, 0.3) is 0 Å². The molecule has 1 heterocycles. The molecule has 2 N–H and O–H groups in total. The topological polar surface area (TPSA) is 93.7 Å². The minimum absolute atomic E-state index is 0.162. The summed E-state index contributed by atoms with van der Waals surface area (Å²) in [6, 6.07) is 14.4. The summed E-state index contributed by atoms with van der Waals surface area (Å²) in [5, 5.41) is 6.16. The maximum absolute atomic E-state index is 13.4. The molecule has 0 fully saturated rings. The molecule has 39 heavy (non-hydrogen) atoms. The Bertz CT molecular complexity index is 1350. The summed E-state index contributed by atoms with van der Waals surface area (Å²) >= 11 is 2.92. The zero-order valence-corrected chi connectivity index (χ0v) is 24.3. The number of rotatable bonds is 10. The first-order valence-corrected chi connectivity index (χ1v) is 14.9. The van der Waals surface area contributed by atoms with E-state index in [4.69, 9.17) is 9.47 Å². The van der Waals surface area contributed by atoms with E-state index in [0.29, 0.717) is 39.9 Å².